The number of amides is 2. The summed E-state index contributed by atoms with van der Waals surface area (Å²) in [5.74, 6) is -2.16. The first-order chi connectivity index (χ1) is 13.9. The summed E-state index contributed by atoms with van der Waals surface area (Å²) in [6.45, 7) is 3.38. The molecule has 1 saturated heterocycles. The third kappa shape index (κ3) is 5.82. The first-order valence-electron chi connectivity index (χ1n) is 9.87. The number of likely N-dealkylation sites (tertiary alicyclic amines) is 1. The lowest BCUT2D eigenvalue weighted by Gasteiger charge is -2.31. The zero-order chi connectivity index (χ0) is 20.8. The normalized spacial score (nSPS) is 14.8. The Morgan fingerprint density at radius 3 is 2.66 bits per heavy atom. The number of aromatic nitrogens is 1. The molecule has 1 fully saturated rings. The fraction of sp³-hybridized carbons (Fsp3) is 0.476. The number of hydrogen-bond donors (Lipinski definition) is 1. The van der Waals surface area contributed by atoms with Crippen LogP contribution < -0.4 is 5.32 Å². The van der Waals surface area contributed by atoms with Crippen LogP contribution in [-0.4, -0.2) is 41.3 Å². The van der Waals surface area contributed by atoms with E-state index in [-0.39, 0.29) is 17.4 Å². The summed E-state index contributed by atoms with van der Waals surface area (Å²) in [6, 6.07) is 2.95. The minimum Gasteiger partial charge on any atom is -0.356 e. The van der Waals surface area contributed by atoms with E-state index in [4.69, 9.17) is 0 Å². The Kier molecular flexibility index (Phi) is 7.30. The standard InChI is InChI=1S/C21H25F2N3O2S/c1-14-13-29-19(25-14)4-2-3-9-24-20(27)15-7-10-26(11-8-15)21(28)17-6-5-16(22)12-18(17)23/h5-6,12-13,15H,2-4,7-11H2,1H3,(H,24,27). The minimum absolute atomic E-state index is 0.00940. The van der Waals surface area contributed by atoms with Crippen LogP contribution in [0.1, 0.15) is 46.7 Å². The fourth-order valence-electron chi connectivity index (χ4n) is 3.45. The van der Waals surface area contributed by atoms with Crippen molar-refractivity contribution in [2.75, 3.05) is 19.6 Å². The van der Waals surface area contributed by atoms with Crippen LogP contribution in [0.3, 0.4) is 0 Å². The van der Waals surface area contributed by atoms with Gasteiger partial charge in [0.15, 0.2) is 0 Å². The van der Waals surface area contributed by atoms with Crippen LogP contribution in [-0.2, 0) is 11.2 Å². The predicted octanol–water partition coefficient (Wildman–Crippen LogP) is 3.72. The molecule has 5 nitrogen and oxygen atoms in total. The number of aryl methyl sites for hydroxylation is 2. The number of benzene rings is 1. The summed E-state index contributed by atoms with van der Waals surface area (Å²) < 4.78 is 26.8. The van der Waals surface area contributed by atoms with Crippen molar-refractivity contribution >= 4 is 23.2 Å². The molecule has 8 heteroatoms. The largest absolute Gasteiger partial charge is 0.356 e. The molecule has 0 bridgehead atoms. The molecule has 3 rings (SSSR count). The second-order valence-corrected chi connectivity index (χ2v) is 8.26. The maximum absolute atomic E-state index is 13.8. The van der Waals surface area contributed by atoms with Crippen molar-refractivity contribution in [2.45, 2.75) is 39.0 Å². The SMILES string of the molecule is Cc1csc(CCCCNC(=O)C2CCN(C(=O)c3ccc(F)cc3F)CC2)n1. The van der Waals surface area contributed by atoms with Crippen molar-refractivity contribution < 1.29 is 18.4 Å². The first-order valence-corrected chi connectivity index (χ1v) is 10.7. The maximum Gasteiger partial charge on any atom is 0.256 e. The predicted molar refractivity (Wildman–Crippen MR) is 108 cm³/mol. The number of rotatable bonds is 7. The van der Waals surface area contributed by atoms with Gasteiger partial charge in [-0.2, -0.15) is 0 Å². The molecule has 1 aliphatic rings. The van der Waals surface area contributed by atoms with Gasteiger partial charge >= 0.3 is 0 Å². The molecular weight excluding hydrogens is 396 g/mol. The Hall–Kier alpha value is -2.35. The zero-order valence-corrected chi connectivity index (χ0v) is 17.2. The summed E-state index contributed by atoms with van der Waals surface area (Å²) in [6.07, 6.45) is 3.88. The van der Waals surface area contributed by atoms with Gasteiger partial charge in [0.2, 0.25) is 5.91 Å². The molecule has 1 N–H and O–H groups in total. The quantitative estimate of drug-likeness (QED) is 0.693. The smallest absolute Gasteiger partial charge is 0.256 e. The van der Waals surface area contributed by atoms with Crippen molar-refractivity contribution in [3.8, 4) is 0 Å². The Balaban J connectivity index is 1.37. The summed E-state index contributed by atoms with van der Waals surface area (Å²) >= 11 is 1.67. The van der Waals surface area contributed by atoms with Gasteiger partial charge in [-0.05, 0) is 51.2 Å². The molecular formula is C21H25F2N3O2S. The molecule has 2 heterocycles. The fourth-order valence-corrected chi connectivity index (χ4v) is 4.27. The molecule has 0 aliphatic carbocycles. The Morgan fingerprint density at radius 2 is 2.00 bits per heavy atom. The molecule has 29 heavy (non-hydrogen) atoms. The number of nitrogens with zero attached hydrogens (tertiary/aromatic N) is 2. The van der Waals surface area contributed by atoms with Crippen molar-refractivity contribution in [3.05, 3.63) is 51.5 Å². The van der Waals surface area contributed by atoms with E-state index in [9.17, 15) is 18.4 Å². The number of carbonyl (C=O) groups excluding carboxylic acids is 2. The van der Waals surface area contributed by atoms with E-state index >= 15 is 0 Å². The molecule has 156 valence electrons. The summed E-state index contributed by atoms with van der Waals surface area (Å²) in [4.78, 5) is 30.7. The topological polar surface area (TPSA) is 62.3 Å². The molecule has 0 radical (unpaired) electrons. The van der Waals surface area contributed by atoms with Crippen LogP contribution >= 0.6 is 11.3 Å². The van der Waals surface area contributed by atoms with Crippen LogP contribution in [0, 0.1) is 24.5 Å². The minimum atomic E-state index is -0.859. The molecule has 1 aromatic carbocycles. The van der Waals surface area contributed by atoms with Crippen molar-refractivity contribution in [3.63, 3.8) is 0 Å². The van der Waals surface area contributed by atoms with Gasteiger partial charge in [0.05, 0.1) is 10.6 Å². The van der Waals surface area contributed by atoms with Gasteiger partial charge < -0.3 is 10.2 Å². The molecule has 2 aromatic rings. The van der Waals surface area contributed by atoms with E-state index in [1.165, 1.54) is 11.0 Å². The number of carbonyl (C=O) groups is 2. The van der Waals surface area contributed by atoms with Crippen molar-refractivity contribution in [1.29, 1.82) is 0 Å². The molecule has 2 amide bonds. The van der Waals surface area contributed by atoms with E-state index in [0.717, 1.165) is 36.0 Å². The summed E-state index contributed by atoms with van der Waals surface area (Å²) in [7, 11) is 0. The number of nitrogens with one attached hydrogen (secondary N) is 1. The third-order valence-electron chi connectivity index (χ3n) is 5.10. The lowest BCUT2D eigenvalue weighted by molar-refractivity contribution is -0.126. The van der Waals surface area contributed by atoms with E-state index in [1.54, 1.807) is 11.3 Å². The van der Waals surface area contributed by atoms with Crippen molar-refractivity contribution in [2.24, 2.45) is 5.92 Å². The van der Waals surface area contributed by atoms with Crippen LogP contribution in [0.4, 0.5) is 8.78 Å². The zero-order valence-electron chi connectivity index (χ0n) is 16.4. The van der Waals surface area contributed by atoms with Gasteiger partial charge in [0.1, 0.15) is 11.6 Å². The van der Waals surface area contributed by atoms with E-state index < -0.39 is 17.5 Å². The number of hydrogen-bond acceptors (Lipinski definition) is 4. The Bertz CT molecular complexity index is 863. The average molecular weight is 422 g/mol. The van der Waals surface area contributed by atoms with Crippen molar-refractivity contribution in [1.82, 2.24) is 15.2 Å². The second-order valence-electron chi connectivity index (χ2n) is 7.32. The average Bonchev–Trinajstić information content (AvgIpc) is 3.12. The number of unbranched alkanes of at least 4 members (excludes halogenated alkanes) is 1. The third-order valence-corrected chi connectivity index (χ3v) is 6.12. The van der Waals surface area contributed by atoms with Gasteiger partial charge in [0.25, 0.3) is 5.91 Å². The maximum atomic E-state index is 13.8. The van der Waals surface area contributed by atoms with Crippen LogP contribution in [0.25, 0.3) is 0 Å². The van der Waals surface area contributed by atoms with E-state index in [1.807, 2.05) is 12.3 Å². The summed E-state index contributed by atoms with van der Waals surface area (Å²) in [5, 5.41) is 6.14. The second kappa shape index (κ2) is 9.91. The molecule has 0 saturated carbocycles. The number of thiazole rings is 1. The summed E-state index contributed by atoms with van der Waals surface area (Å²) in [5.41, 5.74) is 0.912. The van der Waals surface area contributed by atoms with Gasteiger partial charge in [-0.1, -0.05) is 0 Å². The number of halogens is 2. The van der Waals surface area contributed by atoms with Crippen LogP contribution in [0.5, 0.6) is 0 Å². The van der Waals surface area contributed by atoms with Crippen LogP contribution in [0.2, 0.25) is 0 Å². The number of piperidine rings is 1. The Morgan fingerprint density at radius 1 is 1.24 bits per heavy atom. The lowest BCUT2D eigenvalue weighted by Crippen LogP contribution is -2.43. The Labute approximate surface area is 173 Å². The highest BCUT2D eigenvalue weighted by molar-refractivity contribution is 7.09. The van der Waals surface area contributed by atoms with Crippen LogP contribution in [0.15, 0.2) is 23.6 Å². The molecule has 0 spiro atoms. The highest BCUT2D eigenvalue weighted by Crippen LogP contribution is 2.21. The van der Waals surface area contributed by atoms with E-state index in [0.29, 0.717) is 38.5 Å². The lowest BCUT2D eigenvalue weighted by atomic mass is 9.95. The van der Waals surface area contributed by atoms with Gasteiger partial charge in [0, 0.05) is 42.7 Å². The first kappa shape index (κ1) is 21.4. The van der Waals surface area contributed by atoms with Gasteiger partial charge in [-0.25, -0.2) is 13.8 Å². The monoisotopic (exact) mass is 421 g/mol. The highest BCUT2D eigenvalue weighted by Gasteiger charge is 2.28. The van der Waals surface area contributed by atoms with Gasteiger partial charge in [-0.3, -0.25) is 9.59 Å². The highest BCUT2D eigenvalue weighted by atomic mass is 32.1. The molecule has 1 aliphatic heterocycles. The van der Waals surface area contributed by atoms with E-state index in [2.05, 4.69) is 10.3 Å². The molecule has 0 atom stereocenters. The molecule has 0 unspecified atom stereocenters. The van der Waals surface area contributed by atoms with Gasteiger partial charge in [-0.15, -0.1) is 11.3 Å². The molecule has 1 aromatic heterocycles.